The highest BCUT2D eigenvalue weighted by atomic mass is 32.2. The van der Waals surface area contributed by atoms with Gasteiger partial charge in [-0.2, -0.15) is 0 Å². The number of aliphatic hydroxyl groups excluding tert-OH is 1. The second kappa shape index (κ2) is 6.84. The average Bonchev–Trinajstić information content (AvgIpc) is 3.29. The fraction of sp³-hybridized carbons (Fsp3) is 0.588. The normalized spacial score (nSPS) is 28.3. The molecular weight excluding hydrogens is 378 g/mol. The summed E-state index contributed by atoms with van der Waals surface area (Å²) >= 11 is 1.37. The largest absolute Gasteiger partial charge is 0.519 e. The molecule has 0 aromatic carbocycles. The molecule has 1 N–H and O–H groups in total. The SMILES string of the molecule is Cc1oc(=O)oc1COC(=O)C1=C(C2CCCO2)S[C@@H]2[C@@H](C(C)O)C(=O)N12. The van der Waals surface area contributed by atoms with Crippen LogP contribution >= 0.6 is 11.8 Å². The lowest BCUT2D eigenvalue weighted by Gasteiger charge is -2.43. The van der Waals surface area contributed by atoms with Crippen molar-refractivity contribution in [3.8, 4) is 0 Å². The van der Waals surface area contributed by atoms with E-state index in [0.717, 1.165) is 12.8 Å². The van der Waals surface area contributed by atoms with Gasteiger partial charge in [0.25, 0.3) is 0 Å². The number of amides is 1. The zero-order valence-corrected chi connectivity index (χ0v) is 15.6. The van der Waals surface area contributed by atoms with Crippen molar-refractivity contribution in [1.82, 2.24) is 4.90 Å². The Balaban J connectivity index is 1.57. The lowest BCUT2D eigenvalue weighted by molar-refractivity contribution is -0.158. The molecule has 1 aromatic rings. The van der Waals surface area contributed by atoms with Crippen molar-refractivity contribution < 1.29 is 33.0 Å². The highest BCUT2D eigenvalue weighted by Crippen LogP contribution is 2.52. The Bertz CT molecular complexity index is 863. The fourth-order valence-corrected chi connectivity index (χ4v) is 5.21. The molecule has 4 heterocycles. The molecule has 4 rings (SSSR count). The Morgan fingerprint density at radius 3 is 2.78 bits per heavy atom. The van der Waals surface area contributed by atoms with Gasteiger partial charge in [0, 0.05) is 11.5 Å². The predicted molar refractivity (Wildman–Crippen MR) is 91.2 cm³/mol. The van der Waals surface area contributed by atoms with Crippen LogP contribution in [-0.2, 0) is 25.7 Å². The molecule has 0 saturated carbocycles. The summed E-state index contributed by atoms with van der Waals surface area (Å²) in [6.45, 7) is 3.40. The van der Waals surface area contributed by atoms with Gasteiger partial charge >= 0.3 is 11.8 Å². The smallest absolute Gasteiger partial charge is 0.453 e. The Morgan fingerprint density at radius 2 is 2.19 bits per heavy atom. The number of ether oxygens (including phenoxy) is 2. The fourth-order valence-electron chi connectivity index (χ4n) is 3.52. The summed E-state index contributed by atoms with van der Waals surface area (Å²) < 4.78 is 20.5. The van der Waals surface area contributed by atoms with Crippen molar-refractivity contribution in [1.29, 1.82) is 0 Å². The quantitative estimate of drug-likeness (QED) is 0.570. The molecule has 1 aromatic heterocycles. The van der Waals surface area contributed by atoms with Crippen LogP contribution in [-0.4, -0.2) is 46.1 Å². The van der Waals surface area contributed by atoms with E-state index in [1.54, 1.807) is 6.92 Å². The number of rotatable bonds is 5. The Kier molecular flexibility index (Phi) is 4.65. The number of nitrogens with zero attached hydrogens (tertiary/aromatic N) is 1. The minimum atomic E-state index is -0.869. The van der Waals surface area contributed by atoms with Gasteiger partial charge in [0.05, 0.1) is 18.1 Å². The molecule has 10 heteroatoms. The first kappa shape index (κ1) is 18.3. The molecule has 27 heavy (non-hydrogen) atoms. The van der Waals surface area contributed by atoms with E-state index in [1.165, 1.54) is 23.6 Å². The molecule has 9 nitrogen and oxygen atoms in total. The van der Waals surface area contributed by atoms with Crippen molar-refractivity contribution in [3.63, 3.8) is 0 Å². The molecule has 2 unspecified atom stereocenters. The summed E-state index contributed by atoms with van der Waals surface area (Å²) in [5.74, 6) is -2.09. The number of aryl methyl sites for hydroxylation is 1. The summed E-state index contributed by atoms with van der Waals surface area (Å²) in [4.78, 5) is 38.4. The maximum absolute atomic E-state index is 12.8. The van der Waals surface area contributed by atoms with Gasteiger partial charge in [-0.3, -0.25) is 9.69 Å². The minimum absolute atomic E-state index is 0.117. The molecule has 2 saturated heterocycles. The second-order valence-corrected chi connectivity index (χ2v) is 7.87. The third-order valence-electron chi connectivity index (χ3n) is 4.91. The van der Waals surface area contributed by atoms with Gasteiger partial charge in [-0.15, -0.1) is 0 Å². The van der Waals surface area contributed by atoms with Crippen LogP contribution in [0, 0.1) is 12.8 Å². The summed E-state index contributed by atoms with van der Waals surface area (Å²) in [7, 11) is 0. The van der Waals surface area contributed by atoms with Gasteiger partial charge in [0.2, 0.25) is 5.91 Å². The highest BCUT2D eigenvalue weighted by molar-refractivity contribution is 8.04. The summed E-state index contributed by atoms with van der Waals surface area (Å²) in [5, 5.41) is 9.53. The molecule has 0 radical (unpaired) electrons. The molecule has 2 fully saturated rings. The van der Waals surface area contributed by atoms with E-state index >= 15 is 0 Å². The zero-order valence-electron chi connectivity index (χ0n) is 14.8. The van der Waals surface area contributed by atoms with E-state index < -0.39 is 23.8 Å². The Hall–Kier alpha value is -2.04. The first-order valence-electron chi connectivity index (χ1n) is 8.68. The number of thioether (sulfide) groups is 1. The van der Waals surface area contributed by atoms with Crippen LogP contribution in [0.5, 0.6) is 0 Å². The van der Waals surface area contributed by atoms with Crippen molar-refractivity contribution in [3.05, 3.63) is 32.7 Å². The van der Waals surface area contributed by atoms with Crippen molar-refractivity contribution in [2.45, 2.75) is 50.9 Å². The summed E-state index contributed by atoms with van der Waals surface area (Å²) in [6.07, 6.45) is 0.548. The molecular formula is C17H19NO8S. The maximum Gasteiger partial charge on any atom is 0.519 e. The number of hydrogen-bond acceptors (Lipinski definition) is 9. The van der Waals surface area contributed by atoms with Gasteiger partial charge in [-0.1, -0.05) is 11.8 Å². The molecule has 0 spiro atoms. The van der Waals surface area contributed by atoms with E-state index in [4.69, 9.17) is 18.3 Å². The van der Waals surface area contributed by atoms with E-state index in [0.29, 0.717) is 11.5 Å². The third-order valence-corrected chi connectivity index (χ3v) is 6.37. The van der Waals surface area contributed by atoms with Crippen LogP contribution in [0.15, 0.2) is 24.2 Å². The van der Waals surface area contributed by atoms with Crippen LogP contribution in [0.1, 0.15) is 31.3 Å². The molecule has 4 atom stereocenters. The molecule has 3 aliphatic heterocycles. The monoisotopic (exact) mass is 397 g/mol. The van der Waals surface area contributed by atoms with Crippen LogP contribution in [0.25, 0.3) is 0 Å². The maximum atomic E-state index is 12.8. The van der Waals surface area contributed by atoms with E-state index in [2.05, 4.69) is 0 Å². The van der Waals surface area contributed by atoms with Gasteiger partial charge in [-0.25, -0.2) is 9.59 Å². The van der Waals surface area contributed by atoms with Crippen LogP contribution in [0.2, 0.25) is 0 Å². The number of aliphatic hydroxyl groups is 1. The lowest BCUT2D eigenvalue weighted by atomic mass is 9.92. The second-order valence-electron chi connectivity index (χ2n) is 6.71. The standard InChI is InChI=1S/C17H19NO8S/c1-7(19)11-14(20)18-12(13(27-15(11)18)9-4-3-5-23-9)16(21)24-6-10-8(2)25-17(22)26-10/h7,9,11,15,19H,3-6H2,1-2H3/t7?,9?,11-,15+/m0/s1. The number of fused-ring (bicyclic) bond motifs is 1. The Labute approximate surface area is 158 Å². The van der Waals surface area contributed by atoms with Gasteiger partial charge < -0.3 is 23.4 Å². The average molecular weight is 397 g/mol. The first-order valence-corrected chi connectivity index (χ1v) is 9.56. The number of esters is 1. The summed E-state index contributed by atoms with van der Waals surface area (Å²) in [5.41, 5.74) is 0.155. The molecule has 0 aliphatic carbocycles. The number of carbonyl (C=O) groups is 2. The van der Waals surface area contributed by atoms with Crippen LogP contribution in [0.4, 0.5) is 0 Å². The Morgan fingerprint density at radius 1 is 1.41 bits per heavy atom. The molecule has 146 valence electrons. The topological polar surface area (TPSA) is 119 Å². The highest BCUT2D eigenvalue weighted by Gasteiger charge is 2.58. The minimum Gasteiger partial charge on any atom is -0.453 e. The number of hydrogen-bond donors (Lipinski definition) is 1. The van der Waals surface area contributed by atoms with Gasteiger partial charge in [-0.05, 0) is 26.7 Å². The third kappa shape index (κ3) is 3.01. The van der Waals surface area contributed by atoms with E-state index in [9.17, 15) is 19.5 Å². The molecule has 1 amide bonds. The van der Waals surface area contributed by atoms with Crippen molar-refractivity contribution in [2.75, 3.05) is 6.61 Å². The number of carbonyl (C=O) groups excluding carboxylic acids is 2. The molecule has 0 bridgehead atoms. The van der Waals surface area contributed by atoms with E-state index in [1.807, 2.05) is 0 Å². The van der Waals surface area contributed by atoms with Gasteiger partial charge in [0.1, 0.15) is 11.1 Å². The van der Waals surface area contributed by atoms with Crippen molar-refractivity contribution in [2.24, 2.45) is 5.92 Å². The van der Waals surface area contributed by atoms with Crippen LogP contribution < -0.4 is 5.82 Å². The summed E-state index contributed by atoms with van der Waals surface area (Å²) in [6, 6.07) is 0. The zero-order chi connectivity index (χ0) is 19.3. The molecule has 3 aliphatic rings. The lowest BCUT2D eigenvalue weighted by Crippen LogP contribution is -2.60. The van der Waals surface area contributed by atoms with Crippen LogP contribution in [0.3, 0.4) is 0 Å². The number of β-lactam (4-membered cyclic amide) rings is 1. The van der Waals surface area contributed by atoms with Gasteiger partial charge in [0.15, 0.2) is 18.1 Å². The van der Waals surface area contributed by atoms with E-state index in [-0.39, 0.29) is 41.2 Å². The first-order chi connectivity index (χ1) is 12.9. The predicted octanol–water partition coefficient (Wildman–Crippen LogP) is 0.887. The van der Waals surface area contributed by atoms with Crippen molar-refractivity contribution >= 4 is 23.6 Å².